The Hall–Kier alpha value is -5.54. The Morgan fingerprint density at radius 2 is 0.854 bits per heavy atom. The number of carboxylic acids is 2. The standard InChI is InChI=1S/C32H34F4N4O8/c33-25-27(35)30(48-22-15-11-20(12-16-22)40-32(46)38-18-6-2-4-8-24(43)44)28(36)26(34)29(25)47-21-13-9-19(10-14-21)39-31(45)37-17-5-1-3-7-23(41)42/h9-16H,1-8,17-18H2,(H,41,42)(H,43,44)(H2,37,39,45)(H2,38,40,46). The number of benzene rings is 3. The van der Waals surface area contributed by atoms with Gasteiger partial charge in [-0.2, -0.15) is 17.6 Å². The lowest BCUT2D eigenvalue weighted by atomic mass is 10.2. The van der Waals surface area contributed by atoms with Gasteiger partial charge in [0.05, 0.1) is 0 Å². The van der Waals surface area contributed by atoms with Crippen LogP contribution in [0.4, 0.5) is 38.5 Å². The summed E-state index contributed by atoms with van der Waals surface area (Å²) in [6.07, 6.45) is 3.46. The summed E-state index contributed by atoms with van der Waals surface area (Å²) >= 11 is 0. The van der Waals surface area contributed by atoms with Crippen LogP contribution in [-0.4, -0.2) is 47.3 Å². The van der Waals surface area contributed by atoms with E-state index in [1.807, 2.05) is 0 Å². The van der Waals surface area contributed by atoms with Crippen LogP contribution in [0.2, 0.25) is 0 Å². The van der Waals surface area contributed by atoms with E-state index in [1.54, 1.807) is 0 Å². The number of carboxylic acid groups (broad SMARTS) is 2. The third-order valence-electron chi connectivity index (χ3n) is 6.55. The number of urea groups is 2. The first-order chi connectivity index (χ1) is 22.9. The fourth-order valence-electron chi connectivity index (χ4n) is 4.13. The zero-order valence-corrected chi connectivity index (χ0v) is 25.5. The highest BCUT2D eigenvalue weighted by Gasteiger charge is 2.29. The summed E-state index contributed by atoms with van der Waals surface area (Å²) in [6.45, 7) is 0.619. The van der Waals surface area contributed by atoms with E-state index in [0.717, 1.165) is 0 Å². The first-order valence-corrected chi connectivity index (χ1v) is 14.9. The molecule has 3 aromatic rings. The van der Waals surface area contributed by atoms with Gasteiger partial charge < -0.3 is 41.0 Å². The van der Waals surface area contributed by atoms with Crippen LogP contribution in [0.1, 0.15) is 51.4 Å². The Morgan fingerprint density at radius 3 is 1.17 bits per heavy atom. The lowest BCUT2D eigenvalue weighted by Gasteiger charge is -2.14. The van der Waals surface area contributed by atoms with Gasteiger partial charge in [0.2, 0.25) is 34.8 Å². The van der Waals surface area contributed by atoms with Crippen molar-refractivity contribution in [1.82, 2.24) is 10.6 Å². The molecule has 0 spiro atoms. The van der Waals surface area contributed by atoms with Crippen LogP contribution in [0.3, 0.4) is 0 Å². The van der Waals surface area contributed by atoms with Gasteiger partial charge >= 0.3 is 24.0 Å². The fraction of sp³-hybridized carbons (Fsp3) is 0.312. The Balaban J connectivity index is 1.53. The second kappa shape index (κ2) is 18.6. The maximum absolute atomic E-state index is 14.8. The van der Waals surface area contributed by atoms with Crippen molar-refractivity contribution in [2.24, 2.45) is 0 Å². The monoisotopic (exact) mass is 678 g/mol. The number of amides is 4. The van der Waals surface area contributed by atoms with Crippen molar-refractivity contribution in [1.29, 1.82) is 0 Å². The number of halogens is 4. The molecule has 0 heterocycles. The molecule has 0 bridgehead atoms. The Kier molecular flexibility index (Phi) is 14.3. The van der Waals surface area contributed by atoms with E-state index in [9.17, 15) is 36.7 Å². The summed E-state index contributed by atoms with van der Waals surface area (Å²) in [7, 11) is 0. The number of aliphatic carboxylic acids is 2. The molecule has 16 heteroatoms. The Bertz CT molecular complexity index is 1430. The lowest BCUT2D eigenvalue weighted by Crippen LogP contribution is -2.29. The van der Waals surface area contributed by atoms with Gasteiger partial charge in [0.25, 0.3) is 0 Å². The Labute approximate surface area is 272 Å². The number of carbonyl (C=O) groups is 4. The van der Waals surface area contributed by atoms with Gasteiger partial charge in [-0.15, -0.1) is 0 Å². The highest BCUT2D eigenvalue weighted by atomic mass is 19.2. The molecule has 0 aliphatic carbocycles. The van der Waals surface area contributed by atoms with Crippen molar-refractivity contribution in [3.8, 4) is 23.0 Å². The number of ether oxygens (including phenoxy) is 2. The topological polar surface area (TPSA) is 175 Å². The molecule has 0 radical (unpaired) electrons. The zero-order valence-electron chi connectivity index (χ0n) is 25.5. The molecule has 12 nitrogen and oxygen atoms in total. The molecule has 3 aromatic carbocycles. The molecule has 0 aromatic heterocycles. The Morgan fingerprint density at radius 1 is 0.521 bits per heavy atom. The number of nitrogens with one attached hydrogen (secondary N) is 4. The van der Waals surface area contributed by atoms with Crippen molar-refractivity contribution in [3.05, 3.63) is 71.8 Å². The number of anilines is 2. The van der Waals surface area contributed by atoms with E-state index >= 15 is 0 Å². The van der Waals surface area contributed by atoms with E-state index in [-0.39, 0.29) is 35.7 Å². The quantitative estimate of drug-likeness (QED) is 0.0460. The SMILES string of the molecule is O=C(O)CCCCCNC(=O)Nc1ccc(Oc2c(F)c(F)c(Oc3ccc(NC(=O)NCCCCCC(=O)O)cc3)c(F)c2F)cc1. The summed E-state index contributed by atoms with van der Waals surface area (Å²) in [5.41, 5.74) is 0.555. The van der Waals surface area contributed by atoms with Gasteiger partial charge in [-0.3, -0.25) is 9.59 Å². The molecule has 0 saturated heterocycles. The van der Waals surface area contributed by atoms with Crippen LogP contribution in [0.15, 0.2) is 48.5 Å². The van der Waals surface area contributed by atoms with Crippen LogP contribution in [0.5, 0.6) is 23.0 Å². The highest BCUT2D eigenvalue weighted by molar-refractivity contribution is 5.89. The predicted octanol–water partition coefficient (Wildman–Crippen LogP) is 7.36. The first kappa shape index (κ1) is 36.9. The van der Waals surface area contributed by atoms with Crippen LogP contribution < -0.4 is 30.7 Å². The predicted molar refractivity (Wildman–Crippen MR) is 166 cm³/mol. The van der Waals surface area contributed by atoms with Crippen LogP contribution in [0, 0.1) is 23.3 Å². The van der Waals surface area contributed by atoms with Crippen molar-refractivity contribution in [3.63, 3.8) is 0 Å². The van der Waals surface area contributed by atoms with E-state index in [4.69, 9.17) is 19.7 Å². The maximum atomic E-state index is 14.8. The lowest BCUT2D eigenvalue weighted by molar-refractivity contribution is -0.138. The smallest absolute Gasteiger partial charge is 0.319 e. The average Bonchev–Trinajstić information content (AvgIpc) is 3.05. The number of hydrogen-bond acceptors (Lipinski definition) is 6. The second-order valence-electron chi connectivity index (χ2n) is 10.3. The summed E-state index contributed by atoms with van der Waals surface area (Å²) < 4.78 is 69.5. The molecule has 6 N–H and O–H groups in total. The molecule has 0 unspecified atom stereocenters. The van der Waals surface area contributed by atoms with E-state index < -0.39 is 58.8 Å². The van der Waals surface area contributed by atoms with Gasteiger partial charge in [-0.25, -0.2) is 9.59 Å². The van der Waals surface area contributed by atoms with Crippen molar-refractivity contribution in [2.45, 2.75) is 51.4 Å². The minimum Gasteiger partial charge on any atom is -0.481 e. The van der Waals surface area contributed by atoms with Crippen molar-refractivity contribution < 1.29 is 56.4 Å². The van der Waals surface area contributed by atoms with Gasteiger partial charge in [-0.05, 0) is 74.2 Å². The second-order valence-corrected chi connectivity index (χ2v) is 10.3. The van der Waals surface area contributed by atoms with Crippen LogP contribution in [0.25, 0.3) is 0 Å². The van der Waals surface area contributed by atoms with Gasteiger partial charge in [0.1, 0.15) is 11.5 Å². The minimum absolute atomic E-state index is 0.0469. The number of rotatable bonds is 18. The van der Waals surface area contributed by atoms with E-state index in [1.165, 1.54) is 48.5 Å². The molecule has 0 aliphatic heterocycles. The molecule has 258 valence electrons. The third-order valence-corrected chi connectivity index (χ3v) is 6.55. The van der Waals surface area contributed by atoms with Crippen molar-refractivity contribution >= 4 is 35.4 Å². The molecule has 0 atom stereocenters. The summed E-state index contributed by atoms with van der Waals surface area (Å²) in [6, 6.07) is 9.05. The average molecular weight is 679 g/mol. The highest BCUT2D eigenvalue weighted by Crippen LogP contribution is 2.39. The normalized spacial score (nSPS) is 10.6. The molecule has 0 saturated carbocycles. The van der Waals surface area contributed by atoms with E-state index in [2.05, 4.69) is 21.3 Å². The molecule has 4 amide bonds. The van der Waals surface area contributed by atoms with Gasteiger partial charge in [-0.1, -0.05) is 12.8 Å². The van der Waals surface area contributed by atoms with Gasteiger partial charge in [0, 0.05) is 37.3 Å². The summed E-state index contributed by atoms with van der Waals surface area (Å²) in [5, 5.41) is 27.5. The third kappa shape index (κ3) is 12.0. The molecule has 0 fully saturated rings. The minimum atomic E-state index is -1.85. The largest absolute Gasteiger partial charge is 0.481 e. The molecular weight excluding hydrogens is 644 g/mol. The first-order valence-electron chi connectivity index (χ1n) is 14.9. The van der Waals surface area contributed by atoms with Crippen molar-refractivity contribution in [2.75, 3.05) is 23.7 Å². The fourth-order valence-corrected chi connectivity index (χ4v) is 4.13. The number of carbonyl (C=O) groups excluding carboxylic acids is 2. The summed E-state index contributed by atoms with van der Waals surface area (Å²) in [4.78, 5) is 45.0. The number of hydrogen-bond donors (Lipinski definition) is 6. The van der Waals surface area contributed by atoms with Gasteiger partial charge in [0.15, 0.2) is 0 Å². The molecular formula is C32H34F4N4O8. The molecule has 3 rings (SSSR count). The summed E-state index contributed by atoms with van der Waals surface area (Å²) in [5.74, 6) is -12.3. The number of unbranched alkanes of at least 4 members (excludes halogenated alkanes) is 4. The zero-order chi connectivity index (χ0) is 35.1. The van der Waals surface area contributed by atoms with Crippen LogP contribution in [-0.2, 0) is 9.59 Å². The molecule has 48 heavy (non-hydrogen) atoms. The van der Waals surface area contributed by atoms with Crippen LogP contribution >= 0.6 is 0 Å². The van der Waals surface area contributed by atoms with E-state index in [0.29, 0.717) is 51.6 Å². The molecule has 0 aliphatic rings. The maximum Gasteiger partial charge on any atom is 0.319 e.